The van der Waals surface area contributed by atoms with Gasteiger partial charge in [0.15, 0.2) is 0 Å². The van der Waals surface area contributed by atoms with Crippen LogP contribution in [0, 0.1) is 0 Å². The Morgan fingerprint density at radius 2 is 2.41 bits per heavy atom. The van der Waals surface area contributed by atoms with Gasteiger partial charge in [-0.1, -0.05) is 17.7 Å². The third kappa shape index (κ3) is 3.06. The average molecular weight is 321 g/mol. The average Bonchev–Trinajstić information content (AvgIpc) is 2.97. The molecule has 1 N–H and O–H groups in total. The van der Waals surface area contributed by atoms with Gasteiger partial charge >= 0.3 is 0 Å². The number of aromatic nitrogens is 3. The molecule has 0 radical (unpaired) electrons. The van der Waals surface area contributed by atoms with Gasteiger partial charge in [-0.3, -0.25) is 4.79 Å². The lowest BCUT2D eigenvalue weighted by Gasteiger charge is -2.21. The molecule has 0 fully saturated rings. The number of hydrogen-bond acceptors (Lipinski definition) is 4. The maximum atomic E-state index is 12.4. The van der Waals surface area contributed by atoms with Gasteiger partial charge in [-0.05, 0) is 31.9 Å². The molecule has 1 aromatic carbocycles. The van der Waals surface area contributed by atoms with Crippen LogP contribution in [0.25, 0.3) is 0 Å². The summed E-state index contributed by atoms with van der Waals surface area (Å²) in [6.07, 6.45) is 4.65. The van der Waals surface area contributed by atoms with Crippen molar-refractivity contribution in [3.63, 3.8) is 0 Å². The van der Waals surface area contributed by atoms with Crippen molar-refractivity contribution in [3.05, 3.63) is 41.4 Å². The van der Waals surface area contributed by atoms with E-state index in [1.807, 2.05) is 12.1 Å². The fourth-order valence-corrected chi connectivity index (χ4v) is 2.69. The van der Waals surface area contributed by atoms with Gasteiger partial charge in [-0.25, -0.2) is 9.67 Å². The molecule has 0 spiro atoms. The Balaban J connectivity index is 1.79. The minimum absolute atomic E-state index is 0.0896. The van der Waals surface area contributed by atoms with E-state index in [0.717, 1.165) is 24.2 Å². The molecular weight excluding hydrogens is 304 g/mol. The topological polar surface area (TPSA) is 69.0 Å². The molecule has 2 heterocycles. The predicted octanol–water partition coefficient (Wildman–Crippen LogP) is 2.52. The zero-order chi connectivity index (χ0) is 15.5. The molecule has 7 heteroatoms. The molecular formula is C15H17ClN4O2. The second kappa shape index (κ2) is 6.36. The molecule has 1 amide bonds. The third-order valence-electron chi connectivity index (χ3n) is 3.78. The lowest BCUT2D eigenvalue weighted by atomic mass is 10.0. The number of benzene rings is 1. The van der Waals surface area contributed by atoms with E-state index in [1.54, 1.807) is 13.0 Å². The zero-order valence-electron chi connectivity index (χ0n) is 12.2. The summed E-state index contributed by atoms with van der Waals surface area (Å²) in [6, 6.07) is 5.02. The van der Waals surface area contributed by atoms with Crippen LogP contribution in [0.2, 0.25) is 5.02 Å². The number of nitrogens with one attached hydrogen (secondary N) is 1. The summed E-state index contributed by atoms with van der Waals surface area (Å²) in [5.74, 6) is 0.641. The van der Waals surface area contributed by atoms with E-state index >= 15 is 0 Å². The van der Waals surface area contributed by atoms with Crippen LogP contribution >= 0.6 is 11.6 Å². The van der Waals surface area contributed by atoms with Gasteiger partial charge in [0.25, 0.3) is 0 Å². The van der Waals surface area contributed by atoms with Gasteiger partial charge in [0, 0.05) is 10.6 Å². The van der Waals surface area contributed by atoms with E-state index in [2.05, 4.69) is 15.4 Å². The van der Waals surface area contributed by atoms with Crippen LogP contribution < -0.4 is 10.1 Å². The first-order valence-electron chi connectivity index (χ1n) is 7.22. The summed E-state index contributed by atoms with van der Waals surface area (Å²) in [5, 5.41) is 7.71. The van der Waals surface area contributed by atoms with Crippen LogP contribution in [0.1, 0.15) is 37.4 Å². The SMILES string of the molecule is C[C@@H](C(=O)N[C@@H]1CCCOc2cc(Cl)ccc21)n1cncn1. The fraction of sp³-hybridized carbons (Fsp3) is 0.400. The van der Waals surface area contributed by atoms with Crippen molar-refractivity contribution < 1.29 is 9.53 Å². The van der Waals surface area contributed by atoms with E-state index in [-0.39, 0.29) is 11.9 Å². The lowest BCUT2D eigenvalue weighted by molar-refractivity contribution is -0.125. The molecule has 0 saturated heterocycles. The summed E-state index contributed by atoms with van der Waals surface area (Å²) in [5.41, 5.74) is 0.959. The Morgan fingerprint density at radius 3 is 3.18 bits per heavy atom. The van der Waals surface area contributed by atoms with Crippen molar-refractivity contribution in [2.24, 2.45) is 0 Å². The molecule has 2 aromatic rings. The molecule has 0 bridgehead atoms. The number of amides is 1. The molecule has 22 heavy (non-hydrogen) atoms. The van der Waals surface area contributed by atoms with Crippen LogP contribution in [0.4, 0.5) is 0 Å². The van der Waals surface area contributed by atoms with Crippen molar-refractivity contribution in [2.75, 3.05) is 6.61 Å². The van der Waals surface area contributed by atoms with Crippen molar-refractivity contribution >= 4 is 17.5 Å². The number of rotatable bonds is 3. The van der Waals surface area contributed by atoms with Gasteiger partial charge in [0.1, 0.15) is 24.4 Å². The number of carbonyl (C=O) groups excluding carboxylic acids is 1. The Hall–Kier alpha value is -2.08. The Bertz CT molecular complexity index is 660. The minimum atomic E-state index is -0.414. The van der Waals surface area contributed by atoms with Crippen LogP contribution in [-0.4, -0.2) is 27.3 Å². The molecule has 0 unspecified atom stereocenters. The van der Waals surface area contributed by atoms with Gasteiger partial charge < -0.3 is 10.1 Å². The second-order valence-electron chi connectivity index (χ2n) is 5.29. The van der Waals surface area contributed by atoms with E-state index < -0.39 is 6.04 Å². The Labute approximate surface area is 133 Å². The number of ether oxygens (including phenoxy) is 1. The Morgan fingerprint density at radius 1 is 1.55 bits per heavy atom. The van der Waals surface area contributed by atoms with Crippen molar-refractivity contribution in [3.8, 4) is 5.75 Å². The number of halogens is 1. The third-order valence-corrected chi connectivity index (χ3v) is 4.01. The van der Waals surface area contributed by atoms with Gasteiger partial charge in [-0.2, -0.15) is 5.10 Å². The first-order chi connectivity index (χ1) is 10.6. The van der Waals surface area contributed by atoms with Gasteiger partial charge in [0.2, 0.25) is 5.91 Å². The van der Waals surface area contributed by atoms with Crippen LogP contribution in [0.15, 0.2) is 30.9 Å². The van der Waals surface area contributed by atoms with E-state index in [1.165, 1.54) is 17.3 Å². The molecule has 0 saturated carbocycles. The summed E-state index contributed by atoms with van der Waals surface area (Å²) in [7, 11) is 0. The number of fused-ring (bicyclic) bond motifs is 1. The van der Waals surface area contributed by atoms with Crippen LogP contribution in [0.5, 0.6) is 5.75 Å². The smallest absolute Gasteiger partial charge is 0.245 e. The van der Waals surface area contributed by atoms with Gasteiger partial charge in [-0.15, -0.1) is 0 Å². The monoisotopic (exact) mass is 320 g/mol. The highest BCUT2D eigenvalue weighted by Crippen LogP contribution is 2.33. The molecule has 6 nitrogen and oxygen atoms in total. The Kier molecular flexibility index (Phi) is 4.29. The number of hydrogen-bond donors (Lipinski definition) is 1. The first kappa shape index (κ1) is 14.8. The fourth-order valence-electron chi connectivity index (χ4n) is 2.53. The highest BCUT2D eigenvalue weighted by Gasteiger charge is 2.24. The van der Waals surface area contributed by atoms with E-state index in [9.17, 15) is 4.79 Å². The van der Waals surface area contributed by atoms with Gasteiger partial charge in [0.05, 0.1) is 12.6 Å². The minimum Gasteiger partial charge on any atom is -0.493 e. The first-order valence-corrected chi connectivity index (χ1v) is 7.59. The van der Waals surface area contributed by atoms with Crippen molar-refractivity contribution in [1.29, 1.82) is 0 Å². The molecule has 1 aliphatic heterocycles. The van der Waals surface area contributed by atoms with Crippen molar-refractivity contribution in [2.45, 2.75) is 31.8 Å². The molecule has 3 rings (SSSR count). The molecule has 2 atom stereocenters. The number of nitrogens with zero attached hydrogens (tertiary/aromatic N) is 3. The lowest BCUT2D eigenvalue weighted by Crippen LogP contribution is -2.34. The summed E-state index contributed by atoms with van der Waals surface area (Å²) in [4.78, 5) is 16.3. The van der Waals surface area contributed by atoms with E-state index in [4.69, 9.17) is 16.3 Å². The largest absolute Gasteiger partial charge is 0.493 e. The van der Waals surface area contributed by atoms with Crippen LogP contribution in [-0.2, 0) is 4.79 Å². The predicted molar refractivity (Wildman–Crippen MR) is 81.8 cm³/mol. The van der Waals surface area contributed by atoms with E-state index in [0.29, 0.717) is 11.6 Å². The normalized spacial score (nSPS) is 18.7. The second-order valence-corrected chi connectivity index (χ2v) is 5.72. The standard InChI is InChI=1S/C15H17ClN4O2/c1-10(20-9-17-8-18-20)15(21)19-13-3-2-6-22-14-7-11(16)4-5-12(13)14/h4-5,7-10,13H,2-3,6H2,1H3,(H,19,21)/t10-,13+/m0/s1. The highest BCUT2D eigenvalue weighted by atomic mass is 35.5. The quantitative estimate of drug-likeness (QED) is 0.943. The summed E-state index contributed by atoms with van der Waals surface area (Å²) in [6.45, 7) is 2.42. The summed E-state index contributed by atoms with van der Waals surface area (Å²) < 4.78 is 7.24. The maximum Gasteiger partial charge on any atom is 0.245 e. The summed E-state index contributed by atoms with van der Waals surface area (Å²) >= 11 is 6.02. The zero-order valence-corrected chi connectivity index (χ0v) is 13.0. The van der Waals surface area contributed by atoms with Crippen molar-refractivity contribution in [1.82, 2.24) is 20.1 Å². The molecule has 116 valence electrons. The molecule has 1 aromatic heterocycles. The molecule has 0 aliphatic carbocycles. The highest BCUT2D eigenvalue weighted by molar-refractivity contribution is 6.30. The molecule has 1 aliphatic rings. The maximum absolute atomic E-state index is 12.4. The van der Waals surface area contributed by atoms with Crippen LogP contribution in [0.3, 0.4) is 0 Å². The number of carbonyl (C=O) groups is 1.